The summed E-state index contributed by atoms with van der Waals surface area (Å²) in [7, 11) is 1.56. The second-order valence-electron chi connectivity index (χ2n) is 7.01. The van der Waals surface area contributed by atoms with Gasteiger partial charge in [0.2, 0.25) is 5.91 Å². The van der Waals surface area contributed by atoms with Crippen LogP contribution in [0.3, 0.4) is 0 Å². The van der Waals surface area contributed by atoms with Crippen molar-refractivity contribution >= 4 is 11.8 Å². The molecule has 0 aromatic heterocycles. The van der Waals surface area contributed by atoms with Gasteiger partial charge in [0, 0.05) is 38.3 Å². The van der Waals surface area contributed by atoms with Crippen LogP contribution in [0.4, 0.5) is 0 Å². The second kappa shape index (κ2) is 9.37. The SMILES string of the molecule is COc1cccc(C(=O)N[C@@H](C)C(=O)N2CCN(Cc3ccccc3)CC2)c1. The third-order valence-electron chi connectivity index (χ3n) is 4.98. The maximum atomic E-state index is 12.7. The van der Waals surface area contributed by atoms with Crippen molar-refractivity contribution in [2.75, 3.05) is 33.3 Å². The molecule has 2 aromatic rings. The number of methoxy groups -OCH3 is 1. The molecule has 2 amide bonds. The molecule has 1 fully saturated rings. The molecule has 1 aliphatic heterocycles. The average molecular weight is 381 g/mol. The van der Waals surface area contributed by atoms with Gasteiger partial charge in [-0.15, -0.1) is 0 Å². The highest BCUT2D eigenvalue weighted by Gasteiger charge is 2.26. The van der Waals surface area contributed by atoms with E-state index in [4.69, 9.17) is 4.74 Å². The Hall–Kier alpha value is -2.86. The number of carbonyl (C=O) groups is 2. The topological polar surface area (TPSA) is 61.9 Å². The Morgan fingerprint density at radius 1 is 1.04 bits per heavy atom. The Morgan fingerprint density at radius 3 is 2.43 bits per heavy atom. The smallest absolute Gasteiger partial charge is 0.252 e. The number of piperazine rings is 1. The van der Waals surface area contributed by atoms with Gasteiger partial charge >= 0.3 is 0 Å². The first kappa shape index (κ1) is 19.9. The summed E-state index contributed by atoms with van der Waals surface area (Å²) in [5.41, 5.74) is 1.76. The number of amides is 2. The van der Waals surface area contributed by atoms with E-state index < -0.39 is 6.04 Å². The normalized spacial score (nSPS) is 15.7. The minimum Gasteiger partial charge on any atom is -0.497 e. The quantitative estimate of drug-likeness (QED) is 0.833. The van der Waals surface area contributed by atoms with Crippen LogP contribution in [0, 0.1) is 0 Å². The third kappa shape index (κ3) is 5.10. The van der Waals surface area contributed by atoms with Gasteiger partial charge < -0.3 is 15.0 Å². The first-order valence-corrected chi connectivity index (χ1v) is 9.57. The monoisotopic (exact) mass is 381 g/mol. The summed E-state index contributed by atoms with van der Waals surface area (Å²) < 4.78 is 5.15. The molecule has 0 saturated carbocycles. The van der Waals surface area contributed by atoms with Gasteiger partial charge in [0.05, 0.1) is 7.11 Å². The van der Waals surface area contributed by atoms with Crippen molar-refractivity contribution in [2.24, 2.45) is 0 Å². The van der Waals surface area contributed by atoms with Crippen molar-refractivity contribution in [3.63, 3.8) is 0 Å². The first-order chi connectivity index (χ1) is 13.6. The zero-order valence-electron chi connectivity index (χ0n) is 16.4. The first-order valence-electron chi connectivity index (χ1n) is 9.57. The van der Waals surface area contributed by atoms with Crippen LogP contribution in [0.15, 0.2) is 54.6 Å². The second-order valence-corrected chi connectivity index (χ2v) is 7.01. The number of ether oxygens (including phenoxy) is 1. The number of rotatable bonds is 6. The van der Waals surface area contributed by atoms with Crippen LogP contribution in [0.5, 0.6) is 5.75 Å². The van der Waals surface area contributed by atoms with E-state index in [1.807, 2.05) is 23.1 Å². The maximum absolute atomic E-state index is 12.7. The molecule has 1 atom stereocenters. The maximum Gasteiger partial charge on any atom is 0.252 e. The summed E-state index contributed by atoms with van der Waals surface area (Å²) in [6, 6.07) is 16.7. The standard InChI is InChI=1S/C22H27N3O3/c1-17(23-21(26)19-9-6-10-20(15-19)28-2)22(27)25-13-11-24(12-14-25)16-18-7-4-3-5-8-18/h3-10,15,17H,11-14,16H2,1-2H3,(H,23,26)/t17-/m0/s1. The van der Waals surface area contributed by atoms with Crippen molar-refractivity contribution in [3.8, 4) is 5.75 Å². The van der Waals surface area contributed by atoms with Gasteiger partial charge in [-0.05, 0) is 30.7 Å². The van der Waals surface area contributed by atoms with E-state index in [2.05, 4.69) is 22.3 Å². The highest BCUT2D eigenvalue weighted by atomic mass is 16.5. The van der Waals surface area contributed by atoms with E-state index in [0.717, 1.165) is 19.6 Å². The van der Waals surface area contributed by atoms with Gasteiger partial charge in [-0.2, -0.15) is 0 Å². The van der Waals surface area contributed by atoms with Gasteiger partial charge in [-0.25, -0.2) is 0 Å². The van der Waals surface area contributed by atoms with Gasteiger partial charge in [-0.3, -0.25) is 14.5 Å². The molecule has 0 radical (unpaired) electrons. The van der Waals surface area contributed by atoms with Crippen LogP contribution in [-0.4, -0.2) is 60.9 Å². The lowest BCUT2D eigenvalue weighted by Gasteiger charge is -2.36. The fourth-order valence-corrected chi connectivity index (χ4v) is 3.35. The van der Waals surface area contributed by atoms with Crippen LogP contribution >= 0.6 is 0 Å². The number of nitrogens with zero attached hydrogens (tertiary/aromatic N) is 2. The molecule has 0 spiro atoms. The fourth-order valence-electron chi connectivity index (χ4n) is 3.35. The van der Waals surface area contributed by atoms with Crippen molar-refractivity contribution in [3.05, 3.63) is 65.7 Å². The number of benzene rings is 2. The summed E-state index contributed by atoms with van der Waals surface area (Å²) in [4.78, 5) is 29.3. The summed E-state index contributed by atoms with van der Waals surface area (Å²) in [6.07, 6.45) is 0. The lowest BCUT2D eigenvalue weighted by molar-refractivity contribution is -0.134. The molecule has 28 heavy (non-hydrogen) atoms. The van der Waals surface area contributed by atoms with E-state index in [1.54, 1.807) is 38.3 Å². The van der Waals surface area contributed by atoms with Crippen molar-refractivity contribution in [1.29, 1.82) is 0 Å². The van der Waals surface area contributed by atoms with Gasteiger partial charge in [0.1, 0.15) is 11.8 Å². The molecule has 0 unspecified atom stereocenters. The average Bonchev–Trinajstić information content (AvgIpc) is 2.74. The van der Waals surface area contributed by atoms with Crippen LogP contribution in [0.1, 0.15) is 22.8 Å². The fraction of sp³-hybridized carbons (Fsp3) is 0.364. The molecule has 3 rings (SSSR count). The molecule has 0 bridgehead atoms. The van der Waals surface area contributed by atoms with E-state index in [1.165, 1.54) is 5.56 Å². The Balaban J connectivity index is 1.49. The van der Waals surface area contributed by atoms with Gasteiger partial charge in [-0.1, -0.05) is 36.4 Å². The number of hydrogen-bond donors (Lipinski definition) is 1. The summed E-state index contributed by atoms with van der Waals surface area (Å²) in [6.45, 7) is 5.63. The molecule has 1 heterocycles. The van der Waals surface area contributed by atoms with E-state index in [9.17, 15) is 9.59 Å². The minimum absolute atomic E-state index is 0.0457. The van der Waals surface area contributed by atoms with E-state index in [0.29, 0.717) is 24.4 Å². The third-order valence-corrected chi connectivity index (χ3v) is 4.98. The van der Waals surface area contributed by atoms with Crippen molar-refractivity contribution in [2.45, 2.75) is 19.5 Å². The van der Waals surface area contributed by atoms with Crippen LogP contribution in [0.2, 0.25) is 0 Å². The number of nitrogens with one attached hydrogen (secondary N) is 1. The predicted molar refractivity (Wildman–Crippen MR) is 108 cm³/mol. The lowest BCUT2D eigenvalue weighted by atomic mass is 10.1. The molecule has 6 heteroatoms. The molecular weight excluding hydrogens is 354 g/mol. The highest BCUT2D eigenvalue weighted by Crippen LogP contribution is 2.13. The van der Waals surface area contributed by atoms with Crippen molar-refractivity contribution in [1.82, 2.24) is 15.1 Å². The largest absolute Gasteiger partial charge is 0.497 e. The molecule has 1 N–H and O–H groups in total. The lowest BCUT2D eigenvalue weighted by Crippen LogP contribution is -2.53. The predicted octanol–water partition coefficient (Wildman–Crippen LogP) is 2.16. The van der Waals surface area contributed by atoms with Crippen molar-refractivity contribution < 1.29 is 14.3 Å². The molecule has 0 aliphatic carbocycles. The highest BCUT2D eigenvalue weighted by molar-refractivity contribution is 5.97. The van der Waals surface area contributed by atoms with Crippen LogP contribution < -0.4 is 10.1 Å². The molecule has 6 nitrogen and oxygen atoms in total. The van der Waals surface area contributed by atoms with Gasteiger partial charge in [0.25, 0.3) is 5.91 Å². The number of hydrogen-bond acceptors (Lipinski definition) is 4. The van der Waals surface area contributed by atoms with Crippen LogP contribution in [0.25, 0.3) is 0 Å². The molecule has 1 saturated heterocycles. The Kier molecular flexibility index (Phi) is 6.66. The van der Waals surface area contributed by atoms with Gasteiger partial charge in [0.15, 0.2) is 0 Å². The van der Waals surface area contributed by atoms with E-state index >= 15 is 0 Å². The minimum atomic E-state index is -0.570. The van der Waals surface area contributed by atoms with E-state index in [-0.39, 0.29) is 11.8 Å². The van der Waals surface area contributed by atoms with Crippen LogP contribution in [-0.2, 0) is 11.3 Å². The zero-order valence-corrected chi connectivity index (χ0v) is 16.4. The summed E-state index contributed by atoms with van der Waals surface area (Å²) in [5.74, 6) is 0.291. The molecule has 2 aromatic carbocycles. The molecule has 148 valence electrons. The zero-order chi connectivity index (χ0) is 19.9. The molecular formula is C22H27N3O3. The Morgan fingerprint density at radius 2 is 1.75 bits per heavy atom. The summed E-state index contributed by atoms with van der Waals surface area (Å²) in [5, 5.41) is 2.80. The Labute approximate surface area is 166 Å². The number of carbonyl (C=O) groups excluding carboxylic acids is 2. The molecule has 1 aliphatic rings. The summed E-state index contributed by atoms with van der Waals surface area (Å²) >= 11 is 0. The Bertz CT molecular complexity index is 802.